The highest BCUT2D eigenvalue weighted by atomic mass is 32.1. The Morgan fingerprint density at radius 3 is 2.05 bits per heavy atom. The van der Waals surface area contributed by atoms with Gasteiger partial charge in [0, 0.05) is 4.88 Å². The summed E-state index contributed by atoms with van der Waals surface area (Å²) < 4.78 is 66.6. The van der Waals surface area contributed by atoms with Crippen LogP contribution in [0.15, 0.2) is 41.8 Å². The largest absolute Gasteiger partial charge is 0.457 e. The van der Waals surface area contributed by atoms with E-state index in [9.17, 15) is 27.1 Å². The molecule has 0 spiro atoms. The summed E-state index contributed by atoms with van der Waals surface area (Å²) in [4.78, 5) is -0.459. The minimum Gasteiger partial charge on any atom is -0.374 e. The van der Waals surface area contributed by atoms with Crippen LogP contribution < -0.4 is 0 Å². The summed E-state index contributed by atoms with van der Waals surface area (Å²) in [5, 5.41) is 11.8. The van der Waals surface area contributed by atoms with Crippen LogP contribution in [0.3, 0.4) is 0 Å². The van der Waals surface area contributed by atoms with Crippen LogP contribution in [0.5, 0.6) is 0 Å². The molecule has 1 nitrogen and oxygen atoms in total. The maximum Gasteiger partial charge on any atom is 0.457 e. The lowest BCUT2D eigenvalue weighted by Gasteiger charge is -2.37. The Kier molecular flexibility index (Phi) is 3.84. The molecule has 0 fully saturated rings. The van der Waals surface area contributed by atoms with Crippen LogP contribution in [0.1, 0.15) is 16.0 Å². The van der Waals surface area contributed by atoms with Crippen LogP contribution in [-0.4, -0.2) is 17.2 Å². The number of benzene rings is 1. The fourth-order valence-corrected chi connectivity index (χ4v) is 2.99. The molecule has 1 N–H and O–H groups in total. The minimum atomic E-state index is -5.88. The van der Waals surface area contributed by atoms with E-state index in [1.165, 1.54) is 36.6 Å². The van der Waals surface area contributed by atoms with Gasteiger partial charge in [0.15, 0.2) is 5.60 Å². The zero-order valence-electron chi connectivity index (χ0n) is 10.8. The highest BCUT2D eigenvalue weighted by Crippen LogP contribution is 2.53. The number of hydrogen-bond donors (Lipinski definition) is 1. The molecular formula is C14H11F5OS. The lowest BCUT2D eigenvalue weighted by atomic mass is 9.83. The van der Waals surface area contributed by atoms with Gasteiger partial charge in [-0.2, -0.15) is 22.0 Å². The van der Waals surface area contributed by atoms with Crippen LogP contribution in [0.25, 0.3) is 0 Å². The molecule has 0 aliphatic carbocycles. The SMILES string of the molecule is Cc1ccccc1C(O)(c1cccs1)C(F)(F)C(F)(F)F. The predicted octanol–water partition coefficient (Wildman–Crippen LogP) is 4.49. The summed E-state index contributed by atoms with van der Waals surface area (Å²) in [7, 11) is 0. The van der Waals surface area contributed by atoms with Gasteiger partial charge < -0.3 is 5.11 Å². The molecule has 0 saturated heterocycles. The molecule has 0 amide bonds. The van der Waals surface area contributed by atoms with Crippen molar-refractivity contribution >= 4 is 11.3 Å². The third-order valence-corrected chi connectivity index (χ3v) is 4.20. The first-order chi connectivity index (χ1) is 9.62. The molecule has 0 aliphatic heterocycles. The van der Waals surface area contributed by atoms with Crippen LogP contribution in [0.2, 0.25) is 0 Å². The molecule has 114 valence electrons. The van der Waals surface area contributed by atoms with E-state index in [1.54, 1.807) is 0 Å². The molecule has 0 aliphatic rings. The molecule has 2 rings (SSSR count). The second kappa shape index (κ2) is 5.06. The van der Waals surface area contributed by atoms with Crippen molar-refractivity contribution in [3.05, 3.63) is 57.8 Å². The highest BCUT2D eigenvalue weighted by molar-refractivity contribution is 7.10. The molecule has 7 heteroatoms. The van der Waals surface area contributed by atoms with Crippen molar-refractivity contribution in [2.75, 3.05) is 0 Å². The third-order valence-electron chi connectivity index (χ3n) is 3.22. The molecule has 1 atom stereocenters. The van der Waals surface area contributed by atoms with Crippen molar-refractivity contribution in [1.29, 1.82) is 0 Å². The molecular weight excluding hydrogens is 311 g/mol. The van der Waals surface area contributed by atoms with Gasteiger partial charge in [0.2, 0.25) is 0 Å². The van der Waals surface area contributed by atoms with E-state index < -0.39 is 28.1 Å². The number of halogens is 5. The van der Waals surface area contributed by atoms with Gasteiger partial charge in [-0.1, -0.05) is 30.3 Å². The minimum absolute atomic E-state index is 0.150. The van der Waals surface area contributed by atoms with Crippen molar-refractivity contribution in [1.82, 2.24) is 0 Å². The Bertz CT molecular complexity index is 621. The molecule has 2 aromatic rings. The average Bonchev–Trinajstić information content (AvgIpc) is 2.91. The van der Waals surface area contributed by atoms with Gasteiger partial charge in [0.05, 0.1) is 0 Å². The Hall–Kier alpha value is -1.47. The fraction of sp³-hybridized carbons (Fsp3) is 0.286. The van der Waals surface area contributed by atoms with Gasteiger partial charge in [0.1, 0.15) is 0 Å². The molecule has 1 aromatic heterocycles. The number of hydrogen-bond acceptors (Lipinski definition) is 2. The Labute approximate surface area is 121 Å². The zero-order valence-corrected chi connectivity index (χ0v) is 11.6. The monoisotopic (exact) mass is 322 g/mol. The van der Waals surface area contributed by atoms with E-state index in [0.29, 0.717) is 11.3 Å². The molecule has 1 unspecified atom stereocenters. The number of aliphatic hydroxyl groups is 1. The van der Waals surface area contributed by atoms with E-state index in [-0.39, 0.29) is 5.56 Å². The lowest BCUT2D eigenvalue weighted by Crippen LogP contribution is -2.55. The van der Waals surface area contributed by atoms with Gasteiger partial charge in [-0.05, 0) is 29.5 Å². The van der Waals surface area contributed by atoms with Crippen molar-refractivity contribution in [2.24, 2.45) is 0 Å². The second-order valence-electron chi connectivity index (χ2n) is 4.57. The molecule has 1 aromatic carbocycles. The molecule has 1 heterocycles. The van der Waals surface area contributed by atoms with E-state index in [2.05, 4.69) is 0 Å². The second-order valence-corrected chi connectivity index (χ2v) is 5.52. The van der Waals surface area contributed by atoms with Gasteiger partial charge in [-0.15, -0.1) is 11.3 Å². The third kappa shape index (κ3) is 2.34. The van der Waals surface area contributed by atoms with Crippen LogP contribution in [0.4, 0.5) is 22.0 Å². The average molecular weight is 322 g/mol. The number of rotatable bonds is 3. The van der Waals surface area contributed by atoms with Crippen molar-refractivity contribution in [3.8, 4) is 0 Å². The Balaban J connectivity index is 2.77. The van der Waals surface area contributed by atoms with E-state index in [1.807, 2.05) is 0 Å². The van der Waals surface area contributed by atoms with E-state index in [0.717, 1.165) is 12.1 Å². The first kappa shape index (κ1) is 15.9. The van der Waals surface area contributed by atoms with Crippen LogP contribution in [-0.2, 0) is 5.60 Å². The Morgan fingerprint density at radius 1 is 0.952 bits per heavy atom. The van der Waals surface area contributed by atoms with Crippen molar-refractivity contribution < 1.29 is 27.1 Å². The quantitative estimate of drug-likeness (QED) is 0.826. The molecule has 0 saturated carbocycles. The number of aryl methyl sites for hydroxylation is 1. The maximum atomic E-state index is 14.0. The highest BCUT2D eigenvalue weighted by Gasteiger charge is 2.71. The summed E-state index contributed by atoms with van der Waals surface area (Å²) in [5.41, 5.74) is -3.77. The summed E-state index contributed by atoms with van der Waals surface area (Å²) >= 11 is 0.646. The molecule has 0 bridgehead atoms. The first-order valence-electron chi connectivity index (χ1n) is 5.89. The summed E-state index contributed by atoms with van der Waals surface area (Å²) in [6.45, 7) is 1.38. The topological polar surface area (TPSA) is 20.2 Å². The summed E-state index contributed by atoms with van der Waals surface area (Å²) in [5.74, 6) is -5.32. The standard InChI is InChI=1S/C14H11F5OS/c1-9-5-2-3-6-10(9)12(20,11-7-4-8-21-11)13(15,16)14(17,18)19/h2-8,20H,1H3. The lowest BCUT2D eigenvalue weighted by molar-refractivity contribution is -0.336. The fourth-order valence-electron chi connectivity index (χ4n) is 2.12. The van der Waals surface area contributed by atoms with Crippen molar-refractivity contribution in [2.45, 2.75) is 24.6 Å². The van der Waals surface area contributed by atoms with E-state index in [4.69, 9.17) is 0 Å². The maximum absolute atomic E-state index is 14.0. The van der Waals surface area contributed by atoms with Crippen LogP contribution >= 0.6 is 11.3 Å². The normalized spacial score (nSPS) is 15.8. The smallest absolute Gasteiger partial charge is 0.374 e. The first-order valence-corrected chi connectivity index (χ1v) is 6.77. The van der Waals surface area contributed by atoms with Gasteiger partial charge in [-0.3, -0.25) is 0 Å². The molecule has 0 radical (unpaired) electrons. The summed E-state index contributed by atoms with van der Waals surface area (Å²) in [6, 6.07) is 7.65. The number of thiophene rings is 1. The van der Waals surface area contributed by atoms with E-state index >= 15 is 0 Å². The zero-order chi connectivity index (χ0) is 15.9. The Morgan fingerprint density at radius 2 is 1.57 bits per heavy atom. The van der Waals surface area contributed by atoms with Crippen LogP contribution in [0, 0.1) is 6.92 Å². The predicted molar refractivity (Wildman–Crippen MR) is 69.5 cm³/mol. The molecule has 21 heavy (non-hydrogen) atoms. The van der Waals surface area contributed by atoms with Gasteiger partial charge in [0.25, 0.3) is 0 Å². The number of alkyl halides is 5. The van der Waals surface area contributed by atoms with Crippen molar-refractivity contribution in [3.63, 3.8) is 0 Å². The summed E-state index contributed by atoms with van der Waals surface area (Å²) in [6.07, 6.45) is -5.88. The van der Waals surface area contributed by atoms with Gasteiger partial charge in [-0.25, -0.2) is 0 Å². The van der Waals surface area contributed by atoms with Gasteiger partial charge >= 0.3 is 12.1 Å².